The first-order valence-electron chi connectivity index (χ1n) is 7.36. The SMILES string of the molecule is Cn1cc(-c2ncnc3cc(O)c(Br)cc23)c(-c2ccccc2)n1. The van der Waals surface area contributed by atoms with Crippen molar-refractivity contribution in [2.75, 3.05) is 0 Å². The number of halogens is 1. The van der Waals surface area contributed by atoms with E-state index in [2.05, 4.69) is 31.0 Å². The van der Waals surface area contributed by atoms with Gasteiger partial charge in [-0.2, -0.15) is 5.10 Å². The van der Waals surface area contributed by atoms with Crippen LogP contribution in [-0.2, 0) is 7.05 Å². The minimum absolute atomic E-state index is 0.154. The van der Waals surface area contributed by atoms with Crippen molar-refractivity contribution in [3.63, 3.8) is 0 Å². The molecule has 24 heavy (non-hydrogen) atoms. The molecule has 0 saturated heterocycles. The predicted octanol–water partition coefficient (Wildman–Crippen LogP) is 4.17. The van der Waals surface area contributed by atoms with Crippen LogP contribution in [0.4, 0.5) is 0 Å². The van der Waals surface area contributed by atoms with Gasteiger partial charge in [0.1, 0.15) is 17.8 Å². The molecule has 4 rings (SSSR count). The van der Waals surface area contributed by atoms with Gasteiger partial charge in [-0.05, 0) is 22.0 Å². The van der Waals surface area contributed by atoms with Gasteiger partial charge in [0.2, 0.25) is 0 Å². The molecule has 0 aliphatic heterocycles. The molecule has 0 unspecified atom stereocenters. The third-order valence-electron chi connectivity index (χ3n) is 3.84. The van der Waals surface area contributed by atoms with Crippen LogP contribution < -0.4 is 0 Å². The van der Waals surface area contributed by atoms with E-state index in [9.17, 15) is 5.11 Å². The van der Waals surface area contributed by atoms with Gasteiger partial charge >= 0.3 is 0 Å². The second-order valence-electron chi connectivity index (χ2n) is 5.47. The Bertz CT molecular complexity index is 1040. The number of benzene rings is 2. The highest BCUT2D eigenvalue weighted by Crippen LogP contribution is 2.36. The van der Waals surface area contributed by atoms with Crippen LogP contribution in [0.25, 0.3) is 33.4 Å². The number of phenols is 1. The standard InChI is InChI=1S/C18H13BrN4O/c1-23-9-13(17(22-23)11-5-3-2-4-6-11)18-12-7-14(19)16(24)8-15(12)20-10-21-18/h2-10,24H,1H3. The molecule has 118 valence electrons. The first-order chi connectivity index (χ1) is 11.6. The summed E-state index contributed by atoms with van der Waals surface area (Å²) in [5.41, 5.74) is 4.28. The Balaban J connectivity index is 2.01. The average molecular weight is 381 g/mol. The first kappa shape index (κ1) is 14.8. The maximum absolute atomic E-state index is 9.89. The summed E-state index contributed by atoms with van der Waals surface area (Å²) in [5, 5.41) is 15.3. The number of aryl methyl sites for hydroxylation is 1. The fraction of sp³-hybridized carbons (Fsp3) is 0.0556. The summed E-state index contributed by atoms with van der Waals surface area (Å²) in [4.78, 5) is 8.74. The molecule has 0 saturated carbocycles. The zero-order valence-corrected chi connectivity index (χ0v) is 14.4. The lowest BCUT2D eigenvalue weighted by atomic mass is 10.0. The lowest BCUT2D eigenvalue weighted by molar-refractivity contribution is 0.472. The van der Waals surface area contributed by atoms with Gasteiger partial charge in [0.05, 0.1) is 15.7 Å². The number of hydrogen-bond donors (Lipinski definition) is 1. The van der Waals surface area contributed by atoms with Gasteiger partial charge in [-0.3, -0.25) is 4.68 Å². The van der Waals surface area contributed by atoms with Crippen molar-refractivity contribution in [1.29, 1.82) is 0 Å². The van der Waals surface area contributed by atoms with Gasteiger partial charge < -0.3 is 5.11 Å². The molecule has 0 aliphatic rings. The van der Waals surface area contributed by atoms with Crippen molar-refractivity contribution >= 4 is 26.8 Å². The second kappa shape index (κ2) is 5.72. The van der Waals surface area contributed by atoms with Gasteiger partial charge in [0.25, 0.3) is 0 Å². The molecule has 0 fully saturated rings. The Labute approximate surface area is 146 Å². The molecule has 2 aromatic carbocycles. The average Bonchev–Trinajstić information content (AvgIpc) is 2.98. The van der Waals surface area contributed by atoms with E-state index in [4.69, 9.17) is 0 Å². The fourth-order valence-electron chi connectivity index (χ4n) is 2.75. The van der Waals surface area contributed by atoms with E-state index in [-0.39, 0.29) is 5.75 Å². The van der Waals surface area contributed by atoms with Crippen molar-refractivity contribution in [3.8, 4) is 28.3 Å². The summed E-state index contributed by atoms with van der Waals surface area (Å²) < 4.78 is 2.39. The third kappa shape index (κ3) is 2.45. The van der Waals surface area contributed by atoms with Crippen LogP contribution in [0, 0.1) is 0 Å². The van der Waals surface area contributed by atoms with E-state index in [1.165, 1.54) is 6.33 Å². The van der Waals surface area contributed by atoms with Crippen LogP contribution in [0.2, 0.25) is 0 Å². The van der Waals surface area contributed by atoms with Crippen molar-refractivity contribution < 1.29 is 5.11 Å². The molecule has 0 radical (unpaired) electrons. The summed E-state index contributed by atoms with van der Waals surface area (Å²) >= 11 is 3.37. The summed E-state index contributed by atoms with van der Waals surface area (Å²) in [6.45, 7) is 0. The number of fused-ring (bicyclic) bond motifs is 1. The molecule has 4 aromatic rings. The molecule has 0 spiro atoms. The lowest BCUT2D eigenvalue weighted by Gasteiger charge is -2.07. The minimum Gasteiger partial charge on any atom is -0.507 e. The normalized spacial score (nSPS) is 11.1. The molecule has 6 heteroatoms. The highest BCUT2D eigenvalue weighted by Gasteiger charge is 2.17. The number of hydrogen-bond acceptors (Lipinski definition) is 4. The molecular weight excluding hydrogens is 368 g/mol. The van der Waals surface area contributed by atoms with Crippen molar-refractivity contribution in [2.24, 2.45) is 7.05 Å². The Kier molecular flexibility index (Phi) is 3.54. The van der Waals surface area contributed by atoms with Crippen LogP contribution in [0.5, 0.6) is 5.75 Å². The maximum atomic E-state index is 9.89. The van der Waals surface area contributed by atoms with Crippen molar-refractivity contribution in [2.45, 2.75) is 0 Å². The Morgan fingerprint density at radius 2 is 1.83 bits per heavy atom. The van der Waals surface area contributed by atoms with Gasteiger partial charge in [0.15, 0.2) is 0 Å². The fourth-order valence-corrected chi connectivity index (χ4v) is 3.09. The topological polar surface area (TPSA) is 63.8 Å². The maximum Gasteiger partial charge on any atom is 0.131 e. The highest BCUT2D eigenvalue weighted by molar-refractivity contribution is 9.10. The van der Waals surface area contributed by atoms with Crippen LogP contribution in [0.3, 0.4) is 0 Å². The molecule has 2 heterocycles. The van der Waals surface area contributed by atoms with Gasteiger partial charge in [-0.25, -0.2) is 9.97 Å². The molecule has 0 atom stereocenters. The number of phenolic OH excluding ortho intramolecular Hbond substituents is 1. The second-order valence-corrected chi connectivity index (χ2v) is 6.33. The predicted molar refractivity (Wildman–Crippen MR) is 96.5 cm³/mol. The summed E-state index contributed by atoms with van der Waals surface area (Å²) in [6.07, 6.45) is 3.46. The molecule has 0 amide bonds. The molecule has 5 nitrogen and oxygen atoms in total. The summed E-state index contributed by atoms with van der Waals surface area (Å²) in [6, 6.07) is 13.5. The third-order valence-corrected chi connectivity index (χ3v) is 4.47. The lowest BCUT2D eigenvalue weighted by Crippen LogP contribution is -1.90. The smallest absolute Gasteiger partial charge is 0.131 e. The van der Waals surface area contributed by atoms with E-state index in [1.54, 1.807) is 10.7 Å². The minimum atomic E-state index is 0.154. The number of aromatic hydroxyl groups is 1. The quantitative estimate of drug-likeness (QED) is 0.566. The molecule has 1 N–H and O–H groups in total. The monoisotopic (exact) mass is 380 g/mol. The van der Waals surface area contributed by atoms with Crippen LogP contribution in [0.15, 0.2) is 59.5 Å². The van der Waals surface area contributed by atoms with E-state index in [1.807, 2.05) is 49.6 Å². The van der Waals surface area contributed by atoms with E-state index in [0.717, 1.165) is 27.9 Å². The van der Waals surface area contributed by atoms with Gasteiger partial charge in [-0.15, -0.1) is 0 Å². The number of nitrogens with zero attached hydrogens (tertiary/aromatic N) is 4. The van der Waals surface area contributed by atoms with Crippen molar-refractivity contribution in [3.05, 3.63) is 59.5 Å². The Morgan fingerprint density at radius 3 is 2.62 bits per heavy atom. The Morgan fingerprint density at radius 1 is 1.04 bits per heavy atom. The van der Waals surface area contributed by atoms with Crippen LogP contribution in [-0.4, -0.2) is 24.9 Å². The van der Waals surface area contributed by atoms with E-state index >= 15 is 0 Å². The van der Waals surface area contributed by atoms with Crippen LogP contribution in [0.1, 0.15) is 0 Å². The molecule has 2 aromatic heterocycles. The molecular formula is C18H13BrN4O. The Hall–Kier alpha value is -2.73. The van der Waals surface area contributed by atoms with E-state index < -0.39 is 0 Å². The largest absolute Gasteiger partial charge is 0.507 e. The number of rotatable bonds is 2. The van der Waals surface area contributed by atoms with Gasteiger partial charge in [0, 0.05) is 35.8 Å². The highest BCUT2D eigenvalue weighted by atomic mass is 79.9. The zero-order valence-electron chi connectivity index (χ0n) is 12.8. The van der Waals surface area contributed by atoms with E-state index in [0.29, 0.717) is 9.99 Å². The summed E-state index contributed by atoms with van der Waals surface area (Å²) in [5.74, 6) is 0.154. The van der Waals surface area contributed by atoms with Gasteiger partial charge in [-0.1, -0.05) is 30.3 Å². The summed E-state index contributed by atoms with van der Waals surface area (Å²) in [7, 11) is 1.89. The first-order valence-corrected chi connectivity index (χ1v) is 8.15. The molecule has 0 aliphatic carbocycles. The van der Waals surface area contributed by atoms with Crippen LogP contribution >= 0.6 is 15.9 Å². The van der Waals surface area contributed by atoms with Crippen molar-refractivity contribution in [1.82, 2.24) is 19.7 Å². The zero-order chi connectivity index (χ0) is 16.7. The molecule has 0 bridgehead atoms. The number of aromatic nitrogens is 4.